The first kappa shape index (κ1) is 15.8. The predicted molar refractivity (Wildman–Crippen MR) is 92.8 cm³/mol. The Kier molecular flexibility index (Phi) is 3.68. The third-order valence-electron chi connectivity index (χ3n) is 7.01. The van der Waals surface area contributed by atoms with Crippen molar-refractivity contribution in [1.82, 2.24) is 20.3 Å². The van der Waals surface area contributed by atoms with Gasteiger partial charge in [0.2, 0.25) is 5.91 Å². The summed E-state index contributed by atoms with van der Waals surface area (Å²) in [5.74, 6) is 3.54. The molecule has 1 aromatic rings. The van der Waals surface area contributed by atoms with Gasteiger partial charge in [0.05, 0.1) is 5.69 Å². The molecule has 0 aromatic carbocycles. The zero-order valence-corrected chi connectivity index (χ0v) is 15.2. The highest BCUT2D eigenvalue weighted by atomic mass is 16.5. The third-order valence-corrected chi connectivity index (χ3v) is 7.01. The Morgan fingerprint density at radius 1 is 1.20 bits per heavy atom. The van der Waals surface area contributed by atoms with Crippen LogP contribution in [0.1, 0.15) is 29.9 Å². The van der Waals surface area contributed by atoms with Gasteiger partial charge in [0, 0.05) is 43.7 Å². The van der Waals surface area contributed by atoms with E-state index in [1.807, 2.05) is 13.8 Å². The number of aromatic nitrogens is 1. The Bertz CT molecular complexity index is 657. The van der Waals surface area contributed by atoms with Gasteiger partial charge in [-0.15, -0.1) is 0 Å². The molecule has 0 radical (unpaired) electrons. The molecule has 1 saturated carbocycles. The Labute approximate surface area is 148 Å². The van der Waals surface area contributed by atoms with Gasteiger partial charge in [-0.05, 0) is 57.5 Å². The Morgan fingerprint density at radius 3 is 2.72 bits per heavy atom. The molecular weight excluding hydrogens is 316 g/mol. The molecule has 25 heavy (non-hydrogen) atoms. The van der Waals surface area contributed by atoms with E-state index in [4.69, 9.17) is 4.52 Å². The van der Waals surface area contributed by atoms with Crippen molar-refractivity contribution < 1.29 is 9.32 Å². The van der Waals surface area contributed by atoms with Crippen LogP contribution in [0.2, 0.25) is 0 Å². The van der Waals surface area contributed by atoms with Crippen LogP contribution in [0, 0.1) is 37.5 Å². The van der Waals surface area contributed by atoms with Crippen LogP contribution in [0.5, 0.6) is 0 Å². The Morgan fingerprint density at radius 2 is 2.00 bits per heavy atom. The number of nitrogens with zero attached hydrogens (tertiary/aromatic N) is 3. The summed E-state index contributed by atoms with van der Waals surface area (Å²) in [6.45, 7) is 10.0. The second-order valence-electron chi connectivity index (χ2n) is 8.60. The van der Waals surface area contributed by atoms with Crippen LogP contribution in [0.25, 0.3) is 0 Å². The number of carbonyl (C=O) groups is 1. The lowest BCUT2D eigenvalue weighted by Crippen LogP contribution is -2.48. The summed E-state index contributed by atoms with van der Waals surface area (Å²) < 4.78 is 5.33. The van der Waals surface area contributed by atoms with Gasteiger partial charge in [0.25, 0.3) is 0 Å². The zero-order valence-electron chi connectivity index (χ0n) is 15.2. The summed E-state index contributed by atoms with van der Waals surface area (Å²) in [4.78, 5) is 17.9. The Balaban J connectivity index is 1.30. The molecule has 5 aliphatic rings. The number of nitrogens with one attached hydrogen (secondary N) is 1. The Hall–Kier alpha value is -1.40. The van der Waals surface area contributed by atoms with Crippen molar-refractivity contribution in [3.05, 3.63) is 17.0 Å². The van der Waals surface area contributed by atoms with Crippen molar-refractivity contribution in [2.24, 2.45) is 23.7 Å². The number of rotatable bonds is 3. The van der Waals surface area contributed by atoms with Gasteiger partial charge in [0.1, 0.15) is 5.76 Å². The fraction of sp³-hybridized carbons (Fsp3) is 0.789. The van der Waals surface area contributed by atoms with Crippen molar-refractivity contribution in [3.63, 3.8) is 0 Å². The molecule has 6 nitrogen and oxygen atoms in total. The number of hydrogen-bond donors (Lipinski definition) is 1. The molecule has 4 aliphatic heterocycles. The maximum absolute atomic E-state index is 13.1. The first-order chi connectivity index (χ1) is 12.1. The number of fused-ring (bicyclic) bond motifs is 5. The first-order valence-corrected chi connectivity index (χ1v) is 9.77. The van der Waals surface area contributed by atoms with Crippen LogP contribution >= 0.6 is 0 Å². The van der Waals surface area contributed by atoms with Crippen molar-refractivity contribution in [2.45, 2.75) is 39.3 Å². The lowest BCUT2D eigenvalue weighted by Gasteiger charge is -2.36. The minimum Gasteiger partial charge on any atom is -0.361 e. The maximum Gasteiger partial charge on any atom is 0.226 e. The zero-order chi connectivity index (χ0) is 17.1. The van der Waals surface area contributed by atoms with Crippen LogP contribution in [0.3, 0.4) is 0 Å². The van der Waals surface area contributed by atoms with E-state index in [9.17, 15) is 4.79 Å². The van der Waals surface area contributed by atoms with Crippen molar-refractivity contribution >= 4 is 5.91 Å². The molecule has 1 amide bonds. The number of aryl methyl sites for hydroxylation is 2. The van der Waals surface area contributed by atoms with Crippen molar-refractivity contribution in [1.29, 1.82) is 0 Å². The van der Waals surface area contributed by atoms with Crippen LogP contribution in [-0.2, 0) is 11.3 Å². The lowest BCUT2D eigenvalue weighted by atomic mass is 9.94. The van der Waals surface area contributed by atoms with E-state index in [1.165, 1.54) is 12.0 Å². The van der Waals surface area contributed by atoms with E-state index in [0.29, 0.717) is 35.6 Å². The van der Waals surface area contributed by atoms with Crippen LogP contribution < -0.4 is 5.32 Å². The van der Waals surface area contributed by atoms with Gasteiger partial charge in [0.15, 0.2) is 0 Å². The molecule has 6 heteroatoms. The van der Waals surface area contributed by atoms with Gasteiger partial charge in [-0.3, -0.25) is 9.69 Å². The molecule has 5 atom stereocenters. The fourth-order valence-corrected chi connectivity index (χ4v) is 5.51. The van der Waals surface area contributed by atoms with Crippen LogP contribution in [0.15, 0.2) is 4.52 Å². The summed E-state index contributed by atoms with van der Waals surface area (Å²) in [5.41, 5.74) is 2.22. The van der Waals surface area contributed by atoms with Gasteiger partial charge >= 0.3 is 0 Å². The van der Waals surface area contributed by atoms with Gasteiger partial charge < -0.3 is 14.7 Å². The quantitative estimate of drug-likeness (QED) is 0.892. The summed E-state index contributed by atoms with van der Waals surface area (Å²) in [7, 11) is 0. The highest BCUT2D eigenvalue weighted by Gasteiger charge is 2.58. The van der Waals surface area contributed by atoms with Gasteiger partial charge in [-0.1, -0.05) is 5.16 Å². The second kappa shape index (κ2) is 5.81. The van der Waals surface area contributed by atoms with Crippen LogP contribution in [-0.4, -0.2) is 59.6 Å². The van der Waals surface area contributed by atoms with Gasteiger partial charge in [-0.25, -0.2) is 0 Å². The van der Waals surface area contributed by atoms with E-state index in [2.05, 4.69) is 20.3 Å². The number of piperidine rings is 2. The lowest BCUT2D eigenvalue weighted by molar-refractivity contribution is -0.137. The molecule has 5 fully saturated rings. The first-order valence-electron chi connectivity index (χ1n) is 9.77. The SMILES string of the molecule is Cc1noc(C)c1CN1C[C@@H]2CC[C@H](C1)N(C(=O)C1[C@H]3CNC[C@@H]13)C2. The molecule has 4 saturated heterocycles. The summed E-state index contributed by atoms with van der Waals surface area (Å²) in [5, 5.41) is 7.50. The topological polar surface area (TPSA) is 61.6 Å². The van der Waals surface area contributed by atoms with E-state index < -0.39 is 0 Å². The minimum absolute atomic E-state index is 0.316. The summed E-state index contributed by atoms with van der Waals surface area (Å²) in [6.07, 6.45) is 2.42. The van der Waals surface area contributed by atoms with E-state index in [1.54, 1.807) is 0 Å². The highest BCUT2D eigenvalue weighted by molar-refractivity contribution is 5.83. The number of carbonyl (C=O) groups excluding carboxylic acids is 1. The summed E-state index contributed by atoms with van der Waals surface area (Å²) in [6, 6.07) is 0.390. The standard InChI is InChI=1S/C19H28N4O2/c1-11-17(12(2)25-21-11)10-22-7-13-3-4-14(9-22)23(8-13)19(24)18-15-5-20-6-16(15)18/h13-16,18,20H,3-10H2,1-2H3/t13-,14+,15-,16+,18?/m0/s1. The van der Waals surface area contributed by atoms with E-state index in [0.717, 1.165) is 57.1 Å². The molecule has 136 valence electrons. The molecule has 2 bridgehead atoms. The highest BCUT2D eigenvalue weighted by Crippen LogP contribution is 2.50. The normalized spacial score (nSPS) is 37.2. The maximum atomic E-state index is 13.1. The molecule has 5 heterocycles. The number of amides is 1. The minimum atomic E-state index is 0.316. The largest absolute Gasteiger partial charge is 0.361 e. The number of hydrogen-bond acceptors (Lipinski definition) is 5. The smallest absolute Gasteiger partial charge is 0.226 e. The molecule has 6 rings (SSSR count). The second-order valence-corrected chi connectivity index (χ2v) is 8.60. The third kappa shape index (κ3) is 2.61. The van der Waals surface area contributed by atoms with Crippen molar-refractivity contribution in [2.75, 3.05) is 32.7 Å². The summed E-state index contributed by atoms with van der Waals surface area (Å²) >= 11 is 0. The molecule has 1 N–H and O–H groups in total. The molecule has 1 unspecified atom stereocenters. The van der Waals surface area contributed by atoms with Crippen LogP contribution in [0.4, 0.5) is 0 Å². The molecule has 0 spiro atoms. The average Bonchev–Trinajstić information content (AvgIpc) is 3.10. The molecular formula is C19H28N4O2. The van der Waals surface area contributed by atoms with E-state index in [-0.39, 0.29) is 0 Å². The predicted octanol–water partition coefficient (Wildman–Crippen LogP) is 1.18. The molecule has 1 aromatic heterocycles. The van der Waals surface area contributed by atoms with Gasteiger partial charge in [-0.2, -0.15) is 0 Å². The average molecular weight is 344 g/mol. The van der Waals surface area contributed by atoms with E-state index >= 15 is 0 Å². The molecule has 1 aliphatic carbocycles. The fourth-order valence-electron chi connectivity index (χ4n) is 5.51. The monoisotopic (exact) mass is 344 g/mol. The van der Waals surface area contributed by atoms with Crippen molar-refractivity contribution in [3.8, 4) is 0 Å².